The van der Waals surface area contributed by atoms with Gasteiger partial charge in [0.15, 0.2) is 0 Å². The predicted octanol–water partition coefficient (Wildman–Crippen LogP) is 1.18. The van der Waals surface area contributed by atoms with Crippen LogP contribution in [0.5, 0.6) is 0 Å². The van der Waals surface area contributed by atoms with Gasteiger partial charge in [-0.3, -0.25) is 4.99 Å². The molecule has 3 heteroatoms. The van der Waals surface area contributed by atoms with Gasteiger partial charge in [-0.15, -0.1) is 0 Å². The SMILES string of the molecule is CCOC(C)C(N)=NC(C)C. The molecule has 1 unspecified atom stereocenters. The molecule has 11 heavy (non-hydrogen) atoms. The topological polar surface area (TPSA) is 47.6 Å². The molecule has 0 saturated heterocycles. The average molecular weight is 158 g/mol. The fourth-order valence-electron chi connectivity index (χ4n) is 0.738. The molecule has 0 radical (unpaired) electrons. The molecule has 0 aromatic carbocycles. The van der Waals surface area contributed by atoms with E-state index in [2.05, 4.69) is 4.99 Å². The van der Waals surface area contributed by atoms with Gasteiger partial charge in [0, 0.05) is 12.6 Å². The Balaban J connectivity index is 3.89. The fraction of sp³-hybridized carbons (Fsp3) is 0.875. The largest absolute Gasteiger partial charge is 0.385 e. The summed E-state index contributed by atoms with van der Waals surface area (Å²) in [5.41, 5.74) is 5.63. The number of hydrogen-bond acceptors (Lipinski definition) is 2. The molecule has 0 rings (SSSR count). The van der Waals surface area contributed by atoms with Crippen molar-refractivity contribution in [1.29, 1.82) is 0 Å². The first-order chi connectivity index (χ1) is 5.07. The van der Waals surface area contributed by atoms with Gasteiger partial charge in [0.25, 0.3) is 0 Å². The molecular formula is C8H18N2O. The van der Waals surface area contributed by atoms with Gasteiger partial charge in [0.05, 0.1) is 0 Å². The number of hydrogen-bond donors (Lipinski definition) is 1. The normalized spacial score (nSPS) is 15.5. The second-order valence-corrected chi connectivity index (χ2v) is 2.75. The Morgan fingerprint density at radius 3 is 2.36 bits per heavy atom. The second kappa shape index (κ2) is 5.13. The third-order valence-electron chi connectivity index (χ3n) is 1.24. The van der Waals surface area contributed by atoms with Crippen molar-refractivity contribution in [2.75, 3.05) is 6.61 Å². The van der Waals surface area contributed by atoms with Crippen LogP contribution in [0.3, 0.4) is 0 Å². The molecule has 0 aliphatic heterocycles. The zero-order valence-electron chi connectivity index (χ0n) is 7.79. The summed E-state index contributed by atoms with van der Waals surface area (Å²) in [6.45, 7) is 8.51. The van der Waals surface area contributed by atoms with E-state index < -0.39 is 0 Å². The first-order valence-corrected chi connectivity index (χ1v) is 4.02. The highest BCUT2D eigenvalue weighted by atomic mass is 16.5. The van der Waals surface area contributed by atoms with E-state index in [-0.39, 0.29) is 12.1 Å². The van der Waals surface area contributed by atoms with Gasteiger partial charge in [-0.05, 0) is 27.7 Å². The van der Waals surface area contributed by atoms with Gasteiger partial charge in [-0.25, -0.2) is 0 Å². The van der Waals surface area contributed by atoms with Gasteiger partial charge in [0.2, 0.25) is 0 Å². The molecule has 0 heterocycles. The van der Waals surface area contributed by atoms with Crippen LogP contribution in [0.2, 0.25) is 0 Å². The van der Waals surface area contributed by atoms with E-state index in [0.717, 1.165) is 0 Å². The maximum Gasteiger partial charge on any atom is 0.123 e. The molecule has 0 aromatic rings. The lowest BCUT2D eigenvalue weighted by molar-refractivity contribution is 0.121. The number of ether oxygens (including phenoxy) is 1. The Bertz CT molecular complexity index is 132. The number of aliphatic imine (C=N–C) groups is 1. The molecule has 3 nitrogen and oxygen atoms in total. The average Bonchev–Trinajstić information content (AvgIpc) is 1.86. The van der Waals surface area contributed by atoms with E-state index in [4.69, 9.17) is 10.5 Å². The highest BCUT2D eigenvalue weighted by molar-refractivity contribution is 5.84. The van der Waals surface area contributed by atoms with Gasteiger partial charge >= 0.3 is 0 Å². The Labute approximate surface area is 68.6 Å². The third kappa shape index (κ3) is 4.79. The molecule has 0 aromatic heterocycles. The lowest BCUT2D eigenvalue weighted by Gasteiger charge is -2.11. The lowest BCUT2D eigenvalue weighted by Crippen LogP contribution is -2.29. The first-order valence-electron chi connectivity index (χ1n) is 4.02. The summed E-state index contributed by atoms with van der Waals surface area (Å²) in [6.07, 6.45) is -0.0533. The van der Waals surface area contributed by atoms with Crippen molar-refractivity contribution in [2.45, 2.75) is 39.8 Å². The van der Waals surface area contributed by atoms with Crippen LogP contribution in [0.1, 0.15) is 27.7 Å². The van der Waals surface area contributed by atoms with Gasteiger partial charge in [-0.2, -0.15) is 0 Å². The monoisotopic (exact) mass is 158 g/mol. The van der Waals surface area contributed by atoms with E-state index >= 15 is 0 Å². The molecule has 0 spiro atoms. The molecular weight excluding hydrogens is 140 g/mol. The molecule has 0 aliphatic rings. The molecule has 0 amide bonds. The van der Waals surface area contributed by atoms with Crippen LogP contribution in [0.4, 0.5) is 0 Å². The minimum Gasteiger partial charge on any atom is -0.385 e. The van der Waals surface area contributed by atoms with Gasteiger partial charge in [0.1, 0.15) is 11.9 Å². The van der Waals surface area contributed by atoms with Crippen LogP contribution in [0, 0.1) is 0 Å². The molecule has 66 valence electrons. The van der Waals surface area contributed by atoms with Crippen LogP contribution >= 0.6 is 0 Å². The minimum absolute atomic E-state index is 0.0533. The fourth-order valence-corrected chi connectivity index (χ4v) is 0.738. The Morgan fingerprint density at radius 2 is 2.00 bits per heavy atom. The van der Waals surface area contributed by atoms with Crippen LogP contribution in [-0.4, -0.2) is 24.6 Å². The number of amidine groups is 1. The van der Waals surface area contributed by atoms with E-state index in [0.29, 0.717) is 12.4 Å². The van der Waals surface area contributed by atoms with Crippen molar-refractivity contribution in [3.05, 3.63) is 0 Å². The van der Waals surface area contributed by atoms with Crippen molar-refractivity contribution in [3.8, 4) is 0 Å². The zero-order chi connectivity index (χ0) is 8.85. The summed E-state index contributed by atoms with van der Waals surface area (Å²) in [5, 5.41) is 0. The minimum atomic E-state index is -0.0533. The van der Waals surface area contributed by atoms with Gasteiger partial charge in [-0.1, -0.05) is 0 Å². The molecule has 0 aliphatic carbocycles. The van der Waals surface area contributed by atoms with E-state index in [1.165, 1.54) is 0 Å². The third-order valence-corrected chi connectivity index (χ3v) is 1.24. The van der Waals surface area contributed by atoms with E-state index in [9.17, 15) is 0 Å². The lowest BCUT2D eigenvalue weighted by atomic mass is 10.3. The van der Waals surface area contributed by atoms with Gasteiger partial charge < -0.3 is 10.5 Å². The highest BCUT2D eigenvalue weighted by Gasteiger charge is 2.05. The highest BCUT2D eigenvalue weighted by Crippen LogP contribution is 1.93. The summed E-state index contributed by atoms with van der Waals surface area (Å²) in [5.74, 6) is 0.585. The summed E-state index contributed by atoms with van der Waals surface area (Å²) >= 11 is 0. The predicted molar refractivity (Wildman–Crippen MR) is 47.8 cm³/mol. The van der Waals surface area contributed by atoms with E-state index in [1.54, 1.807) is 0 Å². The second-order valence-electron chi connectivity index (χ2n) is 2.75. The van der Waals surface area contributed by atoms with Crippen molar-refractivity contribution in [3.63, 3.8) is 0 Å². The summed E-state index contributed by atoms with van der Waals surface area (Å²) in [7, 11) is 0. The van der Waals surface area contributed by atoms with Crippen molar-refractivity contribution >= 4 is 5.84 Å². The van der Waals surface area contributed by atoms with Crippen LogP contribution in [-0.2, 0) is 4.74 Å². The molecule has 2 N–H and O–H groups in total. The standard InChI is InChI=1S/C8H18N2O/c1-5-11-7(4)8(9)10-6(2)3/h6-7H,5H2,1-4H3,(H2,9,10). The molecule has 1 atom stereocenters. The smallest absolute Gasteiger partial charge is 0.123 e. The molecule has 0 fully saturated rings. The maximum atomic E-state index is 5.63. The number of rotatable bonds is 4. The number of nitrogens with two attached hydrogens (primary N) is 1. The molecule has 0 saturated carbocycles. The summed E-state index contributed by atoms with van der Waals surface area (Å²) < 4.78 is 5.25. The van der Waals surface area contributed by atoms with Crippen LogP contribution < -0.4 is 5.73 Å². The zero-order valence-corrected chi connectivity index (χ0v) is 7.79. The van der Waals surface area contributed by atoms with Crippen molar-refractivity contribution in [2.24, 2.45) is 10.7 Å². The summed E-state index contributed by atoms with van der Waals surface area (Å²) in [4.78, 5) is 4.17. The summed E-state index contributed by atoms with van der Waals surface area (Å²) in [6, 6.07) is 0.248. The Hall–Kier alpha value is -0.570. The first kappa shape index (κ1) is 10.4. The van der Waals surface area contributed by atoms with Crippen LogP contribution in [0.25, 0.3) is 0 Å². The maximum absolute atomic E-state index is 5.63. The molecule has 0 bridgehead atoms. The number of nitrogens with zero attached hydrogens (tertiary/aromatic N) is 1. The Kier molecular flexibility index (Phi) is 4.86. The van der Waals surface area contributed by atoms with Crippen molar-refractivity contribution in [1.82, 2.24) is 0 Å². The van der Waals surface area contributed by atoms with Crippen molar-refractivity contribution < 1.29 is 4.74 Å². The van der Waals surface area contributed by atoms with Crippen LogP contribution in [0.15, 0.2) is 4.99 Å². The van der Waals surface area contributed by atoms with E-state index in [1.807, 2.05) is 27.7 Å². The quantitative estimate of drug-likeness (QED) is 0.493. The Morgan fingerprint density at radius 1 is 1.45 bits per heavy atom.